The predicted molar refractivity (Wildman–Crippen MR) is 79.7 cm³/mol. The number of anilines is 1. The number of amides is 2. The van der Waals surface area contributed by atoms with Crippen molar-refractivity contribution in [2.24, 2.45) is 0 Å². The summed E-state index contributed by atoms with van der Waals surface area (Å²) in [6, 6.07) is 0.809. The fourth-order valence-corrected chi connectivity index (χ4v) is 2.15. The van der Waals surface area contributed by atoms with Crippen LogP contribution in [0.1, 0.15) is 12.0 Å². The fourth-order valence-electron chi connectivity index (χ4n) is 1.43. The lowest BCUT2D eigenvalue weighted by molar-refractivity contribution is -0.145. The van der Waals surface area contributed by atoms with Gasteiger partial charge in [0.2, 0.25) is 0 Å². The van der Waals surface area contributed by atoms with E-state index in [1.807, 2.05) is 0 Å². The fraction of sp³-hybridized carbons (Fsp3) is 0.250. The van der Waals surface area contributed by atoms with Crippen molar-refractivity contribution in [3.05, 3.63) is 27.2 Å². The first-order chi connectivity index (χ1) is 9.70. The van der Waals surface area contributed by atoms with Crippen molar-refractivity contribution < 1.29 is 24.6 Å². The number of hydrogen-bond donors (Lipinski definition) is 4. The van der Waals surface area contributed by atoms with Crippen molar-refractivity contribution in [3.8, 4) is 0 Å². The highest BCUT2D eigenvalue weighted by Crippen LogP contribution is 2.29. The van der Waals surface area contributed by atoms with Crippen molar-refractivity contribution in [1.29, 1.82) is 0 Å². The molecule has 0 aromatic heterocycles. The second-order valence-electron chi connectivity index (χ2n) is 4.17. The Morgan fingerprint density at radius 2 is 1.95 bits per heavy atom. The van der Waals surface area contributed by atoms with Crippen molar-refractivity contribution >= 4 is 51.2 Å². The van der Waals surface area contributed by atoms with E-state index in [0.29, 0.717) is 15.2 Å². The Bertz CT molecular complexity index is 593. The van der Waals surface area contributed by atoms with Crippen LogP contribution in [0.25, 0.3) is 0 Å². The number of carbonyl (C=O) groups excluding carboxylic acids is 1. The van der Waals surface area contributed by atoms with Crippen LogP contribution >= 0.6 is 27.5 Å². The Morgan fingerprint density at radius 3 is 2.48 bits per heavy atom. The van der Waals surface area contributed by atoms with Gasteiger partial charge < -0.3 is 20.8 Å². The highest BCUT2D eigenvalue weighted by molar-refractivity contribution is 9.10. The third kappa shape index (κ3) is 5.24. The molecule has 1 atom stereocenters. The third-order valence-corrected chi connectivity index (χ3v) is 3.54. The molecule has 1 rings (SSSR count). The summed E-state index contributed by atoms with van der Waals surface area (Å²) in [7, 11) is 0. The summed E-state index contributed by atoms with van der Waals surface area (Å²) in [6.45, 7) is 1.78. The molecule has 0 saturated heterocycles. The average molecular weight is 380 g/mol. The van der Waals surface area contributed by atoms with Gasteiger partial charge >= 0.3 is 18.0 Å². The standard InChI is InChI=1S/C12H12BrClN2O5/c1-5-2-6(13)8(3-7(5)14)15-12(21)16-9(11(19)20)4-10(17)18/h2-3,9H,4H2,1H3,(H,17,18)(H,19,20)(H2,15,16,21)/t9-/m1/s1. The van der Waals surface area contributed by atoms with E-state index < -0.39 is 30.4 Å². The monoisotopic (exact) mass is 378 g/mol. The minimum Gasteiger partial charge on any atom is -0.481 e. The van der Waals surface area contributed by atoms with Gasteiger partial charge in [-0.25, -0.2) is 9.59 Å². The largest absolute Gasteiger partial charge is 0.481 e. The maximum atomic E-state index is 11.7. The number of rotatable bonds is 5. The molecule has 0 aliphatic carbocycles. The number of carboxylic acid groups (broad SMARTS) is 2. The zero-order valence-corrected chi connectivity index (χ0v) is 13.2. The molecule has 0 saturated carbocycles. The van der Waals surface area contributed by atoms with Gasteiger partial charge in [0, 0.05) is 9.50 Å². The minimum atomic E-state index is -1.53. The number of aliphatic carboxylic acids is 2. The predicted octanol–water partition coefficient (Wildman–Crippen LogP) is 2.46. The van der Waals surface area contributed by atoms with Crippen molar-refractivity contribution in [1.82, 2.24) is 5.32 Å². The Hall–Kier alpha value is -1.80. The second kappa shape index (κ2) is 7.28. The smallest absolute Gasteiger partial charge is 0.326 e. The van der Waals surface area contributed by atoms with E-state index >= 15 is 0 Å². The van der Waals surface area contributed by atoms with E-state index in [1.165, 1.54) is 6.07 Å². The molecule has 0 fully saturated rings. The number of nitrogens with one attached hydrogen (secondary N) is 2. The highest BCUT2D eigenvalue weighted by Gasteiger charge is 2.23. The first-order valence-corrected chi connectivity index (χ1v) is 6.85. The molecular formula is C12H12BrClN2O5. The zero-order valence-electron chi connectivity index (χ0n) is 10.8. The summed E-state index contributed by atoms with van der Waals surface area (Å²) in [5.41, 5.74) is 1.13. The lowest BCUT2D eigenvalue weighted by Crippen LogP contribution is -2.44. The van der Waals surface area contributed by atoms with Gasteiger partial charge in [0.1, 0.15) is 6.04 Å². The number of hydrogen-bond acceptors (Lipinski definition) is 3. The van der Waals surface area contributed by atoms with E-state index in [4.69, 9.17) is 21.8 Å². The van der Waals surface area contributed by atoms with Crippen LogP contribution in [0.4, 0.5) is 10.5 Å². The summed E-state index contributed by atoms with van der Waals surface area (Å²) >= 11 is 9.16. The van der Waals surface area contributed by atoms with Crippen LogP contribution in [0.5, 0.6) is 0 Å². The molecule has 1 aromatic carbocycles. The van der Waals surface area contributed by atoms with Gasteiger partial charge in [0.15, 0.2) is 0 Å². The number of benzene rings is 1. The molecule has 0 aliphatic rings. The van der Waals surface area contributed by atoms with E-state index in [2.05, 4.69) is 26.6 Å². The summed E-state index contributed by atoms with van der Waals surface area (Å²) < 4.78 is 0.560. The van der Waals surface area contributed by atoms with Gasteiger partial charge in [-0.3, -0.25) is 4.79 Å². The lowest BCUT2D eigenvalue weighted by Gasteiger charge is -2.14. The van der Waals surface area contributed by atoms with E-state index in [1.54, 1.807) is 13.0 Å². The molecule has 9 heteroatoms. The molecule has 0 spiro atoms. The minimum absolute atomic E-state index is 0.336. The SMILES string of the molecule is Cc1cc(Br)c(NC(=O)N[C@H](CC(=O)O)C(=O)O)cc1Cl. The molecule has 2 amide bonds. The molecule has 21 heavy (non-hydrogen) atoms. The molecular weight excluding hydrogens is 367 g/mol. The van der Waals surface area contributed by atoms with Crippen LogP contribution in [-0.2, 0) is 9.59 Å². The average Bonchev–Trinajstić information content (AvgIpc) is 2.34. The molecule has 0 bridgehead atoms. The second-order valence-corrected chi connectivity index (χ2v) is 5.43. The molecule has 0 aliphatic heterocycles. The molecule has 0 radical (unpaired) electrons. The van der Waals surface area contributed by atoms with Crippen LogP contribution in [0.15, 0.2) is 16.6 Å². The molecule has 1 aromatic rings. The van der Waals surface area contributed by atoms with E-state index in [9.17, 15) is 14.4 Å². The Morgan fingerprint density at radius 1 is 1.33 bits per heavy atom. The topological polar surface area (TPSA) is 116 Å². The van der Waals surface area contributed by atoms with Crippen LogP contribution in [0, 0.1) is 6.92 Å². The van der Waals surface area contributed by atoms with Crippen LogP contribution in [-0.4, -0.2) is 34.2 Å². The molecule has 114 valence electrons. The third-order valence-electron chi connectivity index (χ3n) is 2.48. The molecule has 7 nitrogen and oxygen atoms in total. The Kier molecular flexibility index (Phi) is 5.98. The van der Waals surface area contributed by atoms with Crippen molar-refractivity contribution in [3.63, 3.8) is 0 Å². The summed E-state index contributed by atoms with van der Waals surface area (Å²) in [5, 5.41) is 22.3. The van der Waals surface area contributed by atoms with Gasteiger partial charge in [-0.2, -0.15) is 0 Å². The van der Waals surface area contributed by atoms with Crippen LogP contribution in [0.3, 0.4) is 0 Å². The Labute approximate surface area is 133 Å². The first kappa shape index (κ1) is 17.3. The summed E-state index contributed by atoms with van der Waals surface area (Å²) in [5.74, 6) is -2.77. The number of urea groups is 1. The maximum Gasteiger partial charge on any atom is 0.326 e. The Balaban J connectivity index is 2.79. The lowest BCUT2D eigenvalue weighted by atomic mass is 10.2. The first-order valence-electron chi connectivity index (χ1n) is 5.68. The quantitative estimate of drug-likeness (QED) is 0.627. The number of carbonyl (C=O) groups is 3. The number of halogens is 2. The number of carboxylic acids is 2. The van der Waals surface area contributed by atoms with Crippen molar-refractivity contribution in [2.45, 2.75) is 19.4 Å². The normalized spacial score (nSPS) is 11.6. The van der Waals surface area contributed by atoms with Gasteiger partial charge in [-0.1, -0.05) is 11.6 Å². The van der Waals surface area contributed by atoms with Crippen LogP contribution < -0.4 is 10.6 Å². The van der Waals surface area contributed by atoms with Gasteiger partial charge in [-0.15, -0.1) is 0 Å². The molecule has 4 N–H and O–H groups in total. The molecule has 0 unspecified atom stereocenters. The molecule has 0 heterocycles. The summed E-state index contributed by atoms with van der Waals surface area (Å²) in [4.78, 5) is 33.1. The van der Waals surface area contributed by atoms with Gasteiger partial charge in [0.05, 0.1) is 12.1 Å². The zero-order chi connectivity index (χ0) is 16.2. The summed E-state index contributed by atoms with van der Waals surface area (Å²) in [6.07, 6.45) is -0.724. The van der Waals surface area contributed by atoms with Crippen molar-refractivity contribution in [2.75, 3.05) is 5.32 Å². The van der Waals surface area contributed by atoms with Gasteiger partial charge in [-0.05, 0) is 40.5 Å². The maximum absolute atomic E-state index is 11.7. The van der Waals surface area contributed by atoms with E-state index in [0.717, 1.165) is 5.56 Å². The van der Waals surface area contributed by atoms with E-state index in [-0.39, 0.29) is 0 Å². The van der Waals surface area contributed by atoms with Crippen LogP contribution in [0.2, 0.25) is 5.02 Å². The number of aryl methyl sites for hydroxylation is 1. The highest BCUT2D eigenvalue weighted by atomic mass is 79.9. The van der Waals surface area contributed by atoms with Gasteiger partial charge in [0.25, 0.3) is 0 Å².